The van der Waals surface area contributed by atoms with E-state index in [4.69, 9.17) is 0 Å². The SMILES string of the molecule is O=C(NCC(F)F)c1ccccc1O. The first-order valence-electron chi connectivity index (χ1n) is 3.95. The lowest BCUT2D eigenvalue weighted by molar-refractivity contribution is 0.0889. The molecule has 1 aromatic carbocycles. The van der Waals surface area contributed by atoms with Crippen LogP contribution < -0.4 is 5.32 Å². The largest absolute Gasteiger partial charge is 0.507 e. The summed E-state index contributed by atoms with van der Waals surface area (Å²) in [6, 6.07) is 5.75. The molecular formula is C9H9F2NO2. The van der Waals surface area contributed by atoms with Crippen molar-refractivity contribution >= 4 is 5.91 Å². The highest BCUT2D eigenvalue weighted by atomic mass is 19.3. The number of rotatable bonds is 3. The molecule has 1 amide bonds. The van der Waals surface area contributed by atoms with Crippen molar-refractivity contribution in [2.24, 2.45) is 0 Å². The number of amides is 1. The van der Waals surface area contributed by atoms with Crippen LogP contribution in [-0.2, 0) is 0 Å². The molecule has 0 aliphatic rings. The van der Waals surface area contributed by atoms with Gasteiger partial charge < -0.3 is 10.4 Å². The highest BCUT2D eigenvalue weighted by molar-refractivity contribution is 5.96. The molecule has 0 bridgehead atoms. The number of carbonyl (C=O) groups excluding carboxylic acids is 1. The molecule has 5 heteroatoms. The molecule has 0 aromatic heterocycles. The van der Waals surface area contributed by atoms with Gasteiger partial charge in [0.15, 0.2) is 0 Å². The Morgan fingerprint density at radius 1 is 1.43 bits per heavy atom. The van der Waals surface area contributed by atoms with Gasteiger partial charge in [-0.15, -0.1) is 0 Å². The Balaban J connectivity index is 2.65. The van der Waals surface area contributed by atoms with Crippen molar-refractivity contribution in [2.45, 2.75) is 6.43 Å². The number of hydrogen-bond acceptors (Lipinski definition) is 2. The van der Waals surface area contributed by atoms with Gasteiger partial charge in [-0.2, -0.15) is 0 Å². The summed E-state index contributed by atoms with van der Waals surface area (Å²) in [5.74, 6) is -0.928. The van der Waals surface area contributed by atoms with Crippen LogP contribution in [0.1, 0.15) is 10.4 Å². The highest BCUT2D eigenvalue weighted by Crippen LogP contribution is 2.14. The molecule has 0 radical (unpaired) electrons. The van der Waals surface area contributed by atoms with Crippen molar-refractivity contribution in [3.8, 4) is 5.75 Å². The first-order chi connectivity index (χ1) is 6.61. The van der Waals surface area contributed by atoms with E-state index in [0.717, 1.165) is 0 Å². The number of carbonyl (C=O) groups is 1. The van der Waals surface area contributed by atoms with Crippen LogP contribution >= 0.6 is 0 Å². The number of para-hydroxylation sites is 1. The summed E-state index contributed by atoms with van der Waals surface area (Å²) in [7, 11) is 0. The molecule has 0 saturated heterocycles. The number of alkyl halides is 2. The molecule has 0 heterocycles. The summed E-state index contributed by atoms with van der Waals surface area (Å²) in [6.07, 6.45) is -2.59. The zero-order valence-corrected chi connectivity index (χ0v) is 7.21. The monoisotopic (exact) mass is 201 g/mol. The Morgan fingerprint density at radius 2 is 2.07 bits per heavy atom. The Kier molecular flexibility index (Phi) is 3.39. The van der Waals surface area contributed by atoms with Crippen molar-refractivity contribution < 1.29 is 18.7 Å². The van der Waals surface area contributed by atoms with Gasteiger partial charge in [0.25, 0.3) is 12.3 Å². The zero-order chi connectivity index (χ0) is 10.6. The van der Waals surface area contributed by atoms with Crippen molar-refractivity contribution in [3.05, 3.63) is 29.8 Å². The zero-order valence-electron chi connectivity index (χ0n) is 7.21. The fourth-order valence-electron chi connectivity index (χ4n) is 0.931. The molecule has 0 spiro atoms. The molecule has 14 heavy (non-hydrogen) atoms. The first kappa shape index (κ1) is 10.4. The van der Waals surface area contributed by atoms with Gasteiger partial charge in [0.05, 0.1) is 12.1 Å². The summed E-state index contributed by atoms with van der Waals surface area (Å²) in [5.41, 5.74) is -0.00634. The van der Waals surface area contributed by atoms with Crippen LogP contribution in [0.25, 0.3) is 0 Å². The van der Waals surface area contributed by atoms with E-state index in [9.17, 15) is 18.7 Å². The van der Waals surface area contributed by atoms with Gasteiger partial charge in [-0.25, -0.2) is 8.78 Å². The van der Waals surface area contributed by atoms with Gasteiger partial charge in [0.2, 0.25) is 0 Å². The van der Waals surface area contributed by atoms with Gasteiger partial charge in [-0.05, 0) is 12.1 Å². The van der Waals surface area contributed by atoms with E-state index < -0.39 is 18.9 Å². The maximum atomic E-state index is 11.7. The molecule has 0 aliphatic carbocycles. The third kappa shape index (κ3) is 2.69. The van der Waals surface area contributed by atoms with Crippen LogP contribution in [0.3, 0.4) is 0 Å². The van der Waals surface area contributed by atoms with Crippen molar-refractivity contribution in [1.82, 2.24) is 5.32 Å². The van der Waals surface area contributed by atoms with Gasteiger partial charge in [0.1, 0.15) is 5.75 Å². The van der Waals surface area contributed by atoms with Crippen LogP contribution in [0.15, 0.2) is 24.3 Å². The van der Waals surface area contributed by atoms with E-state index in [1.165, 1.54) is 18.2 Å². The third-order valence-corrected chi connectivity index (χ3v) is 1.57. The van der Waals surface area contributed by atoms with Gasteiger partial charge in [0, 0.05) is 0 Å². The van der Waals surface area contributed by atoms with Crippen LogP contribution in [0.4, 0.5) is 8.78 Å². The van der Waals surface area contributed by atoms with E-state index >= 15 is 0 Å². The number of phenolic OH excluding ortho intramolecular Hbond substituents is 1. The second kappa shape index (κ2) is 4.55. The molecule has 0 aliphatic heterocycles. The Labute approximate surface area is 79.4 Å². The fraction of sp³-hybridized carbons (Fsp3) is 0.222. The predicted octanol–water partition coefficient (Wildman–Crippen LogP) is 1.39. The number of halogens is 2. The van der Waals surface area contributed by atoms with Crippen LogP contribution in [0.5, 0.6) is 5.75 Å². The highest BCUT2D eigenvalue weighted by Gasteiger charge is 2.11. The second-order valence-electron chi connectivity index (χ2n) is 2.62. The number of phenols is 1. The lowest BCUT2D eigenvalue weighted by atomic mass is 10.2. The Bertz CT molecular complexity index is 328. The number of hydrogen-bond donors (Lipinski definition) is 2. The normalized spacial score (nSPS) is 10.2. The first-order valence-corrected chi connectivity index (χ1v) is 3.95. The molecule has 3 nitrogen and oxygen atoms in total. The minimum absolute atomic E-state index is 0.00634. The molecule has 0 unspecified atom stereocenters. The molecule has 2 N–H and O–H groups in total. The van der Waals surface area contributed by atoms with Gasteiger partial charge in [-0.3, -0.25) is 4.79 Å². The number of benzene rings is 1. The van der Waals surface area contributed by atoms with Gasteiger partial charge >= 0.3 is 0 Å². The molecular weight excluding hydrogens is 192 g/mol. The van der Waals surface area contributed by atoms with Crippen molar-refractivity contribution in [1.29, 1.82) is 0 Å². The van der Waals surface area contributed by atoms with Gasteiger partial charge in [-0.1, -0.05) is 12.1 Å². The minimum Gasteiger partial charge on any atom is -0.507 e. The summed E-state index contributed by atoms with van der Waals surface area (Å²) in [5, 5.41) is 11.2. The smallest absolute Gasteiger partial charge is 0.255 e. The molecule has 1 aromatic rings. The van der Waals surface area contributed by atoms with E-state index in [-0.39, 0.29) is 11.3 Å². The van der Waals surface area contributed by atoms with E-state index in [2.05, 4.69) is 0 Å². The van der Waals surface area contributed by atoms with E-state index in [1.54, 1.807) is 6.07 Å². The van der Waals surface area contributed by atoms with Crippen LogP contribution in [0.2, 0.25) is 0 Å². The lowest BCUT2D eigenvalue weighted by Gasteiger charge is -2.05. The summed E-state index contributed by atoms with van der Waals surface area (Å²) in [4.78, 5) is 11.2. The molecule has 1 rings (SSSR count). The maximum Gasteiger partial charge on any atom is 0.255 e. The average Bonchev–Trinajstić information content (AvgIpc) is 2.15. The summed E-state index contributed by atoms with van der Waals surface area (Å²) >= 11 is 0. The minimum atomic E-state index is -2.59. The predicted molar refractivity (Wildman–Crippen MR) is 46.4 cm³/mol. The topological polar surface area (TPSA) is 49.3 Å². The van der Waals surface area contributed by atoms with Crippen LogP contribution in [-0.4, -0.2) is 24.0 Å². The summed E-state index contributed by atoms with van der Waals surface area (Å²) < 4.78 is 23.5. The molecule has 0 atom stereocenters. The Hall–Kier alpha value is -1.65. The van der Waals surface area contributed by atoms with E-state index in [0.29, 0.717) is 0 Å². The maximum absolute atomic E-state index is 11.7. The molecule has 0 saturated carbocycles. The van der Waals surface area contributed by atoms with E-state index in [1.807, 2.05) is 5.32 Å². The standard InChI is InChI=1S/C9H9F2NO2/c10-8(11)5-12-9(14)6-3-1-2-4-7(6)13/h1-4,8,13H,5H2,(H,12,14). The van der Waals surface area contributed by atoms with Crippen molar-refractivity contribution in [3.63, 3.8) is 0 Å². The fourth-order valence-corrected chi connectivity index (χ4v) is 0.931. The van der Waals surface area contributed by atoms with Crippen molar-refractivity contribution in [2.75, 3.05) is 6.54 Å². The molecule has 76 valence electrons. The number of aromatic hydroxyl groups is 1. The molecule has 0 fully saturated rings. The quantitative estimate of drug-likeness (QED) is 0.776. The van der Waals surface area contributed by atoms with Crippen LogP contribution in [0, 0.1) is 0 Å². The average molecular weight is 201 g/mol. The lowest BCUT2D eigenvalue weighted by Crippen LogP contribution is -2.28. The second-order valence-corrected chi connectivity index (χ2v) is 2.62. The number of nitrogens with one attached hydrogen (secondary N) is 1. The third-order valence-electron chi connectivity index (χ3n) is 1.57. The Morgan fingerprint density at radius 3 is 2.64 bits per heavy atom. The summed E-state index contributed by atoms with van der Waals surface area (Å²) in [6.45, 7) is -0.715.